The highest BCUT2D eigenvalue weighted by Gasteiger charge is 2.52. The Bertz CT molecular complexity index is 564. The molecule has 1 amide bonds. The number of aliphatic carboxylic acids is 1. The van der Waals surface area contributed by atoms with Crippen molar-refractivity contribution >= 4 is 23.6 Å². The van der Waals surface area contributed by atoms with Gasteiger partial charge in [0.2, 0.25) is 5.91 Å². The van der Waals surface area contributed by atoms with Crippen LogP contribution in [0, 0.1) is 34.0 Å². The number of allylic oxidation sites excluding steroid dienone is 1. The van der Waals surface area contributed by atoms with E-state index in [0.29, 0.717) is 18.4 Å². The zero-order valence-electron chi connectivity index (χ0n) is 10.6. The van der Waals surface area contributed by atoms with Gasteiger partial charge in [-0.2, -0.15) is 10.5 Å². The third-order valence-corrected chi connectivity index (χ3v) is 4.82. The standard InChI is InChI=1S/C13H13N3O3S/c14-5-8-11(19)16-12(20-7-10(17)18)9(6-15)13(8)3-1-2-4-13/h8H,1-4,7H2,(H,16,19)(H,17,18)/p-1/t8-/m0/s1. The summed E-state index contributed by atoms with van der Waals surface area (Å²) in [6.45, 7) is 0. The fraction of sp³-hybridized carbons (Fsp3) is 0.538. The number of hydrogen-bond acceptors (Lipinski definition) is 6. The largest absolute Gasteiger partial charge is 0.549 e. The van der Waals surface area contributed by atoms with Gasteiger partial charge in [-0.15, -0.1) is 11.8 Å². The average Bonchev–Trinajstić information content (AvgIpc) is 2.86. The minimum Gasteiger partial charge on any atom is -0.549 e. The molecule has 0 unspecified atom stereocenters. The Balaban J connectivity index is 2.46. The molecule has 1 spiro atoms. The lowest BCUT2D eigenvalue weighted by molar-refractivity contribution is -0.301. The van der Waals surface area contributed by atoms with Crippen molar-refractivity contribution in [2.45, 2.75) is 25.7 Å². The van der Waals surface area contributed by atoms with Gasteiger partial charge in [0.15, 0.2) is 0 Å². The van der Waals surface area contributed by atoms with E-state index < -0.39 is 23.2 Å². The molecule has 0 bridgehead atoms. The number of thioether (sulfide) groups is 1. The summed E-state index contributed by atoms with van der Waals surface area (Å²) >= 11 is 0.869. The van der Waals surface area contributed by atoms with Crippen LogP contribution in [0.15, 0.2) is 10.6 Å². The lowest BCUT2D eigenvalue weighted by Crippen LogP contribution is -2.46. The van der Waals surface area contributed by atoms with E-state index in [1.807, 2.05) is 6.07 Å². The van der Waals surface area contributed by atoms with E-state index in [0.717, 1.165) is 24.6 Å². The maximum atomic E-state index is 12.0. The summed E-state index contributed by atoms with van der Waals surface area (Å²) in [6.07, 6.45) is 2.93. The van der Waals surface area contributed by atoms with Crippen LogP contribution in [0.5, 0.6) is 0 Å². The van der Waals surface area contributed by atoms with Crippen molar-refractivity contribution in [1.82, 2.24) is 5.32 Å². The van der Waals surface area contributed by atoms with Crippen LogP contribution in [0.1, 0.15) is 25.7 Å². The topological polar surface area (TPSA) is 117 Å². The van der Waals surface area contributed by atoms with Crippen LogP contribution >= 0.6 is 11.8 Å². The van der Waals surface area contributed by atoms with Gasteiger partial charge in [0.05, 0.1) is 28.7 Å². The van der Waals surface area contributed by atoms with Crippen molar-refractivity contribution in [3.8, 4) is 12.1 Å². The van der Waals surface area contributed by atoms with Crippen LogP contribution in [0.25, 0.3) is 0 Å². The Morgan fingerprint density at radius 2 is 2.10 bits per heavy atom. The van der Waals surface area contributed by atoms with Gasteiger partial charge in [-0.3, -0.25) is 4.79 Å². The molecule has 0 saturated heterocycles. The highest BCUT2D eigenvalue weighted by atomic mass is 32.2. The third kappa shape index (κ3) is 2.25. The number of carboxylic acid groups (broad SMARTS) is 1. The third-order valence-electron chi connectivity index (χ3n) is 3.85. The molecule has 1 atom stereocenters. The lowest BCUT2D eigenvalue weighted by Gasteiger charge is -2.37. The molecule has 0 radical (unpaired) electrons. The number of carboxylic acids is 1. The van der Waals surface area contributed by atoms with Crippen molar-refractivity contribution in [2.75, 3.05) is 5.75 Å². The number of nitrogens with zero attached hydrogens (tertiary/aromatic N) is 2. The molecule has 6 nitrogen and oxygen atoms in total. The number of rotatable bonds is 3. The Morgan fingerprint density at radius 3 is 2.60 bits per heavy atom. The van der Waals surface area contributed by atoms with Crippen molar-refractivity contribution in [1.29, 1.82) is 10.5 Å². The maximum Gasteiger partial charge on any atom is 0.243 e. The molecular weight excluding hydrogens is 278 g/mol. The van der Waals surface area contributed by atoms with Crippen LogP contribution in [-0.2, 0) is 9.59 Å². The second kappa shape index (κ2) is 5.56. The van der Waals surface area contributed by atoms with Crippen molar-refractivity contribution in [2.24, 2.45) is 11.3 Å². The maximum absolute atomic E-state index is 12.0. The van der Waals surface area contributed by atoms with E-state index in [9.17, 15) is 25.2 Å². The van der Waals surface area contributed by atoms with Crippen LogP contribution in [-0.4, -0.2) is 17.6 Å². The summed E-state index contributed by atoms with van der Waals surface area (Å²) in [5.41, 5.74) is -0.410. The summed E-state index contributed by atoms with van der Waals surface area (Å²) in [4.78, 5) is 22.6. The molecule has 1 N–H and O–H groups in total. The number of nitriles is 2. The number of amides is 1. The van der Waals surface area contributed by atoms with Gasteiger partial charge >= 0.3 is 0 Å². The fourth-order valence-electron chi connectivity index (χ4n) is 3.00. The first-order valence-electron chi connectivity index (χ1n) is 6.23. The van der Waals surface area contributed by atoms with Gasteiger partial charge in [0, 0.05) is 11.2 Å². The van der Waals surface area contributed by atoms with Crippen molar-refractivity contribution in [3.63, 3.8) is 0 Å². The Hall–Kier alpha value is -1.99. The number of nitrogens with one attached hydrogen (secondary N) is 1. The molecule has 7 heteroatoms. The highest BCUT2D eigenvalue weighted by molar-refractivity contribution is 8.03. The molecule has 1 heterocycles. The normalized spacial score (nSPS) is 24.1. The summed E-state index contributed by atoms with van der Waals surface area (Å²) in [5, 5.41) is 32.0. The fourth-order valence-corrected chi connectivity index (χ4v) is 3.82. The second-order valence-corrected chi connectivity index (χ2v) is 5.88. The van der Waals surface area contributed by atoms with E-state index in [-0.39, 0.29) is 10.8 Å². The minimum atomic E-state index is -1.27. The predicted octanol–water partition coefficient (Wildman–Crippen LogP) is 0.0347. The van der Waals surface area contributed by atoms with Gasteiger partial charge in [0.25, 0.3) is 0 Å². The van der Waals surface area contributed by atoms with E-state index in [1.165, 1.54) is 0 Å². The van der Waals surface area contributed by atoms with Gasteiger partial charge in [-0.1, -0.05) is 12.8 Å². The zero-order valence-corrected chi connectivity index (χ0v) is 11.5. The number of carbonyl (C=O) groups is 2. The van der Waals surface area contributed by atoms with Gasteiger partial charge in [-0.05, 0) is 12.8 Å². The van der Waals surface area contributed by atoms with Gasteiger partial charge in [0.1, 0.15) is 5.92 Å². The lowest BCUT2D eigenvalue weighted by atomic mass is 9.67. The van der Waals surface area contributed by atoms with E-state index in [1.54, 1.807) is 0 Å². The smallest absolute Gasteiger partial charge is 0.243 e. The molecule has 1 aliphatic heterocycles. The van der Waals surface area contributed by atoms with E-state index in [2.05, 4.69) is 11.4 Å². The summed E-state index contributed by atoms with van der Waals surface area (Å²) in [5.74, 6) is -2.94. The SMILES string of the molecule is N#CC1=C(SCC(=O)[O-])NC(=O)[C@H](C#N)C12CCCC2. The quantitative estimate of drug-likeness (QED) is 0.784. The van der Waals surface area contributed by atoms with Crippen molar-refractivity contribution < 1.29 is 14.7 Å². The van der Waals surface area contributed by atoms with Gasteiger partial charge < -0.3 is 15.2 Å². The highest BCUT2D eigenvalue weighted by Crippen LogP contribution is 2.53. The monoisotopic (exact) mass is 290 g/mol. The van der Waals surface area contributed by atoms with Crippen molar-refractivity contribution in [3.05, 3.63) is 10.6 Å². The Kier molecular flexibility index (Phi) is 4.01. The van der Waals surface area contributed by atoms with E-state index >= 15 is 0 Å². The number of carbonyl (C=O) groups excluding carboxylic acids is 2. The van der Waals surface area contributed by atoms with Crippen LogP contribution < -0.4 is 10.4 Å². The van der Waals surface area contributed by atoms with Crippen LogP contribution in [0.3, 0.4) is 0 Å². The first kappa shape index (κ1) is 14.4. The molecule has 104 valence electrons. The summed E-state index contributed by atoms with van der Waals surface area (Å²) in [7, 11) is 0. The van der Waals surface area contributed by atoms with Crippen LogP contribution in [0.4, 0.5) is 0 Å². The first-order valence-corrected chi connectivity index (χ1v) is 7.21. The summed E-state index contributed by atoms with van der Waals surface area (Å²) in [6, 6.07) is 4.08. The molecule has 0 aromatic carbocycles. The van der Waals surface area contributed by atoms with Crippen LogP contribution in [0.2, 0.25) is 0 Å². The molecule has 1 aliphatic carbocycles. The molecule has 0 aromatic heterocycles. The molecule has 1 saturated carbocycles. The second-order valence-electron chi connectivity index (χ2n) is 4.89. The molecule has 2 aliphatic rings. The predicted molar refractivity (Wildman–Crippen MR) is 68.3 cm³/mol. The molecule has 2 rings (SSSR count). The zero-order chi connectivity index (χ0) is 14.8. The molecule has 20 heavy (non-hydrogen) atoms. The first-order chi connectivity index (χ1) is 9.55. The molecule has 1 fully saturated rings. The Morgan fingerprint density at radius 1 is 1.45 bits per heavy atom. The molecule has 0 aromatic rings. The minimum absolute atomic E-state index is 0.259. The molecular formula is C13H12N3O3S-. The average molecular weight is 290 g/mol. The summed E-state index contributed by atoms with van der Waals surface area (Å²) < 4.78 is 0. The Labute approximate surface area is 120 Å². The number of hydrogen-bond donors (Lipinski definition) is 1. The van der Waals surface area contributed by atoms with Gasteiger partial charge in [-0.25, -0.2) is 0 Å². The van der Waals surface area contributed by atoms with E-state index in [4.69, 9.17) is 0 Å².